The minimum Gasteiger partial charge on any atom is -0.394 e. The summed E-state index contributed by atoms with van der Waals surface area (Å²) in [5.74, 6) is -0.514. The van der Waals surface area contributed by atoms with Crippen molar-refractivity contribution < 1.29 is 19.1 Å². The number of rotatable bonds is 9. The normalized spacial score (nSPS) is 10.7. The molecule has 0 fully saturated rings. The summed E-state index contributed by atoms with van der Waals surface area (Å²) in [5, 5.41) is 0. The van der Waals surface area contributed by atoms with Gasteiger partial charge in [0, 0.05) is 6.42 Å². The van der Waals surface area contributed by atoms with Crippen LogP contribution in [0.25, 0.3) is 0 Å². The predicted octanol–water partition coefficient (Wildman–Crippen LogP) is 2.88. The molecule has 0 aliphatic heterocycles. The number of hydrogen-bond donors (Lipinski definition) is 2. The zero-order chi connectivity index (χ0) is 11.5. The van der Waals surface area contributed by atoms with Gasteiger partial charge in [-0.1, -0.05) is 45.4 Å². The summed E-state index contributed by atoms with van der Waals surface area (Å²) in [5.41, 5.74) is 0. The summed E-state index contributed by atoms with van der Waals surface area (Å²) in [6.45, 7) is 2.18. The van der Waals surface area contributed by atoms with Crippen LogP contribution in [0.3, 0.4) is 0 Å². The average Bonchev–Trinajstić information content (AvgIpc) is 2.15. The first kappa shape index (κ1) is 14.8. The molecular formula is C10H21O4P. The van der Waals surface area contributed by atoms with Gasteiger partial charge in [-0.3, -0.25) is 4.79 Å². The van der Waals surface area contributed by atoms with Gasteiger partial charge >= 0.3 is 14.6 Å². The highest BCUT2D eigenvalue weighted by molar-refractivity contribution is 7.40. The van der Waals surface area contributed by atoms with E-state index in [4.69, 9.17) is 9.79 Å². The van der Waals surface area contributed by atoms with Crippen molar-refractivity contribution in [2.75, 3.05) is 0 Å². The summed E-state index contributed by atoms with van der Waals surface area (Å²) >= 11 is 0. The van der Waals surface area contributed by atoms with Gasteiger partial charge in [0.1, 0.15) is 0 Å². The van der Waals surface area contributed by atoms with Gasteiger partial charge in [0.15, 0.2) is 0 Å². The monoisotopic (exact) mass is 236 g/mol. The third-order valence-corrected chi connectivity index (χ3v) is 2.53. The van der Waals surface area contributed by atoms with Crippen molar-refractivity contribution in [3.8, 4) is 0 Å². The van der Waals surface area contributed by atoms with Gasteiger partial charge in [-0.2, -0.15) is 0 Å². The number of carbonyl (C=O) groups excluding carboxylic acids is 1. The Balaban J connectivity index is 3.13. The Morgan fingerprint density at radius 2 is 1.60 bits per heavy atom. The fourth-order valence-corrected chi connectivity index (χ4v) is 1.64. The van der Waals surface area contributed by atoms with Crippen molar-refractivity contribution in [1.29, 1.82) is 0 Å². The zero-order valence-electron chi connectivity index (χ0n) is 9.31. The highest BCUT2D eigenvalue weighted by Gasteiger charge is 2.08. The van der Waals surface area contributed by atoms with Crippen LogP contribution in [0.5, 0.6) is 0 Å². The van der Waals surface area contributed by atoms with Gasteiger partial charge in [-0.05, 0) is 6.42 Å². The van der Waals surface area contributed by atoms with E-state index in [2.05, 4.69) is 11.4 Å². The molecule has 4 nitrogen and oxygen atoms in total. The fraction of sp³-hybridized carbons (Fsp3) is 0.900. The molecule has 0 saturated heterocycles. The molecule has 90 valence electrons. The summed E-state index contributed by atoms with van der Waals surface area (Å²) in [6, 6.07) is 0. The number of hydrogen-bond acceptors (Lipinski definition) is 4. The molecule has 0 spiro atoms. The van der Waals surface area contributed by atoms with E-state index in [1.165, 1.54) is 25.7 Å². The van der Waals surface area contributed by atoms with Crippen molar-refractivity contribution in [3.63, 3.8) is 0 Å². The Hall–Kier alpha value is -0.180. The molecule has 0 amide bonds. The van der Waals surface area contributed by atoms with Gasteiger partial charge in [-0.15, -0.1) is 0 Å². The quantitative estimate of drug-likeness (QED) is 0.477. The molecular weight excluding hydrogens is 215 g/mol. The summed E-state index contributed by atoms with van der Waals surface area (Å²) in [6.07, 6.45) is 8.20. The van der Waals surface area contributed by atoms with Crippen LogP contribution in [0.1, 0.15) is 58.3 Å². The molecule has 0 rings (SSSR count). The van der Waals surface area contributed by atoms with E-state index in [0.717, 1.165) is 19.3 Å². The first-order chi connectivity index (χ1) is 7.16. The van der Waals surface area contributed by atoms with Crippen LogP contribution >= 0.6 is 8.60 Å². The molecule has 0 aliphatic carbocycles. The van der Waals surface area contributed by atoms with E-state index in [9.17, 15) is 4.79 Å². The Labute approximate surface area is 92.6 Å². The maximum atomic E-state index is 10.9. The zero-order valence-corrected chi connectivity index (χ0v) is 10.2. The van der Waals surface area contributed by atoms with E-state index >= 15 is 0 Å². The van der Waals surface area contributed by atoms with Crippen LogP contribution in [-0.2, 0) is 9.32 Å². The van der Waals surface area contributed by atoms with E-state index in [-0.39, 0.29) is 6.42 Å². The summed E-state index contributed by atoms with van der Waals surface area (Å²) in [7, 11) is -2.52. The van der Waals surface area contributed by atoms with Crippen molar-refractivity contribution >= 4 is 14.6 Å². The minimum absolute atomic E-state index is 0.285. The molecule has 0 saturated carbocycles. The Morgan fingerprint density at radius 1 is 1.07 bits per heavy atom. The van der Waals surface area contributed by atoms with Crippen LogP contribution in [0.4, 0.5) is 0 Å². The summed E-state index contributed by atoms with van der Waals surface area (Å²) < 4.78 is 4.23. The molecule has 2 N–H and O–H groups in total. The van der Waals surface area contributed by atoms with Gasteiger partial charge in [0.2, 0.25) is 0 Å². The Kier molecular flexibility index (Phi) is 10.2. The lowest BCUT2D eigenvalue weighted by Crippen LogP contribution is -1.99. The molecule has 0 heterocycles. The summed E-state index contributed by atoms with van der Waals surface area (Å²) in [4.78, 5) is 27.7. The van der Waals surface area contributed by atoms with Crippen molar-refractivity contribution in [2.45, 2.75) is 58.3 Å². The first-order valence-corrected chi connectivity index (χ1v) is 6.72. The minimum atomic E-state index is -2.52. The van der Waals surface area contributed by atoms with Crippen LogP contribution in [0.2, 0.25) is 0 Å². The lowest BCUT2D eigenvalue weighted by molar-refractivity contribution is -0.134. The average molecular weight is 236 g/mol. The number of carbonyl (C=O) groups is 1. The van der Waals surface area contributed by atoms with Gasteiger partial charge < -0.3 is 14.3 Å². The third-order valence-electron chi connectivity index (χ3n) is 2.17. The van der Waals surface area contributed by atoms with Crippen LogP contribution < -0.4 is 0 Å². The molecule has 15 heavy (non-hydrogen) atoms. The van der Waals surface area contributed by atoms with Crippen LogP contribution in [0, 0.1) is 0 Å². The largest absolute Gasteiger partial charge is 0.394 e. The second-order valence-electron chi connectivity index (χ2n) is 3.59. The molecule has 0 atom stereocenters. The van der Waals surface area contributed by atoms with E-state index in [1.54, 1.807) is 0 Å². The molecule has 0 bridgehead atoms. The van der Waals surface area contributed by atoms with E-state index < -0.39 is 14.6 Å². The molecule has 0 aliphatic rings. The standard InChI is InChI=1S/C10H21O4P/c1-2-3-4-5-6-7-8-9-10(11)14-15(12)13/h12-13H,2-9H2,1H3. The smallest absolute Gasteiger partial charge is 0.393 e. The predicted molar refractivity (Wildman–Crippen MR) is 60.1 cm³/mol. The maximum Gasteiger partial charge on any atom is 0.393 e. The maximum absolute atomic E-state index is 10.9. The molecule has 0 radical (unpaired) electrons. The molecule has 0 aromatic heterocycles. The van der Waals surface area contributed by atoms with Gasteiger partial charge in [0.25, 0.3) is 0 Å². The van der Waals surface area contributed by atoms with Crippen molar-refractivity contribution in [3.05, 3.63) is 0 Å². The van der Waals surface area contributed by atoms with Crippen LogP contribution in [0.15, 0.2) is 0 Å². The molecule has 5 heteroatoms. The number of unbranched alkanes of at least 4 members (excludes halogenated alkanes) is 6. The molecule has 0 unspecified atom stereocenters. The topological polar surface area (TPSA) is 66.8 Å². The van der Waals surface area contributed by atoms with Gasteiger partial charge in [0.05, 0.1) is 0 Å². The highest BCUT2D eigenvalue weighted by atomic mass is 31.2. The highest BCUT2D eigenvalue weighted by Crippen LogP contribution is 2.25. The Bertz CT molecular complexity index is 162. The van der Waals surface area contributed by atoms with Gasteiger partial charge in [-0.25, -0.2) is 0 Å². The Morgan fingerprint density at radius 3 is 2.13 bits per heavy atom. The van der Waals surface area contributed by atoms with Crippen molar-refractivity contribution in [2.24, 2.45) is 0 Å². The lowest BCUT2D eigenvalue weighted by atomic mass is 10.1. The SMILES string of the molecule is CCCCCCCCCC(=O)OP(O)O. The second-order valence-corrected chi connectivity index (χ2v) is 4.28. The van der Waals surface area contributed by atoms with Crippen molar-refractivity contribution in [1.82, 2.24) is 0 Å². The van der Waals surface area contributed by atoms with Crippen LogP contribution in [-0.4, -0.2) is 15.8 Å². The van der Waals surface area contributed by atoms with E-state index in [0.29, 0.717) is 0 Å². The molecule has 0 aromatic rings. The lowest BCUT2D eigenvalue weighted by Gasteiger charge is -2.03. The fourth-order valence-electron chi connectivity index (χ4n) is 1.36. The molecule has 0 aromatic carbocycles. The first-order valence-electron chi connectivity index (χ1n) is 5.55. The van der Waals surface area contributed by atoms with E-state index in [1.807, 2.05) is 0 Å². The second kappa shape index (κ2) is 10.3. The third kappa shape index (κ3) is 11.7.